The third kappa shape index (κ3) is 4.45. The summed E-state index contributed by atoms with van der Waals surface area (Å²) in [6.45, 7) is -5.57. The average molecular weight is 567 g/mol. The lowest BCUT2D eigenvalue weighted by molar-refractivity contribution is -0.294. The van der Waals surface area contributed by atoms with Gasteiger partial charge in [-0.15, -0.1) is 0 Å². The van der Waals surface area contributed by atoms with E-state index >= 15 is 0 Å². The molecule has 5 rings (SSSR count). The van der Waals surface area contributed by atoms with Crippen molar-refractivity contribution in [3.05, 3.63) is 42.2 Å². The monoisotopic (exact) mass is 567 g/mol. The number of halogens is 5. The number of β-amino-alcohol motifs (C(OH)–C–C–N with tert-alkyl or cyclic N) is 1. The lowest BCUT2D eigenvalue weighted by Gasteiger charge is -2.47. The number of aromatic hydroxyl groups is 1. The first-order valence-corrected chi connectivity index (χ1v) is 11.7. The first kappa shape index (κ1) is 27.2. The summed E-state index contributed by atoms with van der Waals surface area (Å²) in [5.41, 5.74) is -1.54. The fourth-order valence-corrected chi connectivity index (χ4v) is 4.73. The number of fused-ring (bicyclic) bond motifs is 1. The maximum atomic E-state index is 13.4. The number of hydrogen-bond donors (Lipinski definition) is 2. The molecule has 1 aliphatic rings. The van der Waals surface area contributed by atoms with E-state index in [1.54, 1.807) is 37.2 Å². The smallest absolute Gasteiger partial charge is 0.420 e. The number of benzene rings is 2. The molecule has 10 nitrogen and oxygen atoms in total. The van der Waals surface area contributed by atoms with Crippen LogP contribution in [-0.2, 0) is 14.1 Å². The van der Waals surface area contributed by atoms with E-state index in [1.807, 2.05) is 0 Å². The van der Waals surface area contributed by atoms with E-state index in [9.17, 15) is 37.0 Å². The maximum Gasteiger partial charge on any atom is 0.420 e. The van der Waals surface area contributed by atoms with Gasteiger partial charge in [-0.1, -0.05) is 0 Å². The van der Waals surface area contributed by atoms with E-state index in [-0.39, 0.29) is 28.1 Å². The number of rotatable bonds is 6. The standard InChI is InChI=1S/C25H22F5N5O5/c1-33-9-14(8-31-33)12-4-15-19(16(36)5-12)21(34(2)32-15)13-6-17(39-3)20(18(7-13)40-23(26)27)22(37)35-10-24(38,11-35)25(28,29)30/h4-9,23,36,38H,10-11H2,1-3H3. The molecule has 0 saturated carbocycles. The van der Waals surface area contributed by atoms with Gasteiger partial charge in [0.2, 0.25) is 0 Å². The molecule has 0 atom stereocenters. The highest BCUT2D eigenvalue weighted by atomic mass is 19.4. The highest BCUT2D eigenvalue weighted by Gasteiger charge is 2.62. The Kier molecular flexibility index (Phi) is 6.36. The number of amides is 1. The minimum atomic E-state index is -4.99. The van der Waals surface area contributed by atoms with Crippen molar-refractivity contribution in [1.82, 2.24) is 24.5 Å². The number of likely N-dealkylation sites (tertiary alicyclic amines) is 1. The van der Waals surface area contributed by atoms with E-state index in [0.29, 0.717) is 21.5 Å². The highest BCUT2D eigenvalue weighted by Crippen LogP contribution is 2.44. The van der Waals surface area contributed by atoms with Crippen LogP contribution in [0.1, 0.15) is 10.4 Å². The maximum absolute atomic E-state index is 13.4. The largest absolute Gasteiger partial charge is 0.507 e. The molecule has 2 aromatic heterocycles. The summed E-state index contributed by atoms with van der Waals surface area (Å²) in [6, 6.07) is 5.57. The topological polar surface area (TPSA) is 115 Å². The summed E-state index contributed by atoms with van der Waals surface area (Å²) in [5.74, 6) is -2.23. The van der Waals surface area contributed by atoms with Crippen molar-refractivity contribution in [2.75, 3.05) is 20.2 Å². The van der Waals surface area contributed by atoms with Crippen molar-refractivity contribution < 1.29 is 46.4 Å². The molecule has 4 aromatic rings. The van der Waals surface area contributed by atoms with Gasteiger partial charge < -0.3 is 24.6 Å². The number of ether oxygens (including phenoxy) is 2. The normalized spacial score (nSPS) is 15.0. The third-order valence-electron chi connectivity index (χ3n) is 6.66. The Hall–Kier alpha value is -4.40. The van der Waals surface area contributed by atoms with Gasteiger partial charge in [0.05, 0.1) is 43.0 Å². The molecule has 0 unspecified atom stereocenters. The summed E-state index contributed by atoms with van der Waals surface area (Å²) in [7, 11) is 4.43. The fraction of sp³-hybridized carbons (Fsp3) is 0.320. The van der Waals surface area contributed by atoms with E-state index in [4.69, 9.17) is 4.74 Å². The summed E-state index contributed by atoms with van der Waals surface area (Å²) in [4.78, 5) is 13.8. The van der Waals surface area contributed by atoms with Crippen LogP contribution in [0.4, 0.5) is 22.0 Å². The van der Waals surface area contributed by atoms with Crippen LogP contribution in [0.5, 0.6) is 17.2 Å². The SMILES string of the molecule is COc1cc(-c2c3c(O)cc(-c4cnn(C)c4)cc3nn2C)cc(OC(F)F)c1C(=O)N1CC(O)(C(F)(F)F)C1. The first-order chi connectivity index (χ1) is 18.7. The van der Waals surface area contributed by atoms with Crippen molar-refractivity contribution in [2.45, 2.75) is 18.4 Å². The van der Waals surface area contributed by atoms with Gasteiger partial charge in [0.25, 0.3) is 5.91 Å². The molecule has 1 fully saturated rings. The van der Waals surface area contributed by atoms with Crippen molar-refractivity contribution in [2.24, 2.45) is 14.1 Å². The summed E-state index contributed by atoms with van der Waals surface area (Å²) in [6.07, 6.45) is -1.64. The van der Waals surface area contributed by atoms with Crippen molar-refractivity contribution in [3.8, 4) is 39.6 Å². The number of hydrogen-bond acceptors (Lipinski definition) is 7. The van der Waals surface area contributed by atoms with E-state index < -0.39 is 48.7 Å². The molecule has 1 amide bonds. The molecule has 2 N–H and O–H groups in total. The number of alkyl halides is 5. The second kappa shape index (κ2) is 9.36. The predicted octanol–water partition coefficient (Wildman–Crippen LogP) is 3.71. The number of carbonyl (C=O) groups excluding carboxylic acids is 1. The number of phenols is 1. The van der Waals surface area contributed by atoms with Gasteiger partial charge in [0.15, 0.2) is 5.60 Å². The Labute approximate surface area is 222 Å². The van der Waals surface area contributed by atoms with Crippen LogP contribution in [0.15, 0.2) is 36.7 Å². The minimum absolute atomic E-state index is 0.161. The fourth-order valence-electron chi connectivity index (χ4n) is 4.73. The van der Waals surface area contributed by atoms with Crippen LogP contribution in [0, 0.1) is 0 Å². The van der Waals surface area contributed by atoms with Crippen molar-refractivity contribution >= 4 is 16.8 Å². The average Bonchev–Trinajstić information content (AvgIpc) is 3.42. The van der Waals surface area contributed by atoms with Crippen molar-refractivity contribution in [1.29, 1.82) is 0 Å². The van der Waals surface area contributed by atoms with Crippen LogP contribution in [-0.4, -0.2) is 79.2 Å². The number of aromatic nitrogens is 4. The Morgan fingerprint density at radius 3 is 2.33 bits per heavy atom. The molecule has 2 aromatic carbocycles. The zero-order valence-corrected chi connectivity index (χ0v) is 21.2. The Morgan fingerprint density at radius 2 is 1.75 bits per heavy atom. The summed E-state index contributed by atoms with van der Waals surface area (Å²) in [5, 5.41) is 29.5. The van der Waals surface area contributed by atoms with E-state index in [1.165, 1.54) is 16.8 Å². The van der Waals surface area contributed by atoms with Gasteiger partial charge in [-0.3, -0.25) is 14.2 Å². The van der Waals surface area contributed by atoms with Gasteiger partial charge in [-0.25, -0.2) is 0 Å². The quantitative estimate of drug-likeness (QED) is 0.342. The van der Waals surface area contributed by atoms with Crippen molar-refractivity contribution in [3.63, 3.8) is 0 Å². The number of nitrogens with zero attached hydrogens (tertiary/aromatic N) is 5. The molecular weight excluding hydrogens is 545 g/mol. The number of carbonyl (C=O) groups is 1. The third-order valence-corrected chi connectivity index (χ3v) is 6.66. The molecule has 40 heavy (non-hydrogen) atoms. The highest BCUT2D eigenvalue weighted by molar-refractivity contribution is 6.04. The number of aryl methyl sites for hydroxylation is 2. The summed E-state index contributed by atoms with van der Waals surface area (Å²) >= 11 is 0. The molecule has 0 spiro atoms. The zero-order valence-electron chi connectivity index (χ0n) is 21.2. The van der Waals surface area contributed by atoms with Gasteiger partial charge in [-0.05, 0) is 29.8 Å². The molecule has 0 bridgehead atoms. The van der Waals surface area contributed by atoms with Gasteiger partial charge >= 0.3 is 12.8 Å². The molecular formula is C25H22F5N5O5. The number of methoxy groups -OCH3 is 1. The van der Waals surface area contributed by atoms with Gasteiger partial charge in [-0.2, -0.15) is 32.1 Å². The lowest BCUT2D eigenvalue weighted by atomic mass is 9.92. The van der Waals surface area contributed by atoms with Gasteiger partial charge in [0, 0.05) is 31.4 Å². The van der Waals surface area contributed by atoms with E-state index in [2.05, 4.69) is 14.9 Å². The molecule has 0 radical (unpaired) electrons. The minimum Gasteiger partial charge on any atom is -0.507 e. The van der Waals surface area contributed by atoms with Crippen LogP contribution in [0.25, 0.3) is 33.3 Å². The first-order valence-electron chi connectivity index (χ1n) is 11.7. The molecule has 3 heterocycles. The second-order valence-electron chi connectivity index (χ2n) is 9.39. The molecule has 1 saturated heterocycles. The summed E-state index contributed by atoms with van der Waals surface area (Å²) < 4.78 is 78.9. The molecule has 0 aliphatic carbocycles. The second-order valence-corrected chi connectivity index (χ2v) is 9.39. The van der Waals surface area contributed by atoms with Crippen LogP contribution in [0.3, 0.4) is 0 Å². The van der Waals surface area contributed by atoms with Crippen LogP contribution >= 0.6 is 0 Å². The molecule has 15 heteroatoms. The Balaban J connectivity index is 1.61. The van der Waals surface area contributed by atoms with E-state index in [0.717, 1.165) is 13.2 Å². The van der Waals surface area contributed by atoms with Crippen LogP contribution < -0.4 is 9.47 Å². The predicted molar refractivity (Wildman–Crippen MR) is 130 cm³/mol. The Morgan fingerprint density at radius 1 is 1.07 bits per heavy atom. The lowest BCUT2D eigenvalue weighted by Crippen LogP contribution is -2.70. The number of phenolic OH excluding ortho intramolecular Hbond substituents is 1. The number of aliphatic hydroxyl groups is 1. The molecule has 212 valence electrons. The molecule has 1 aliphatic heterocycles. The zero-order chi connectivity index (χ0) is 29.1. The van der Waals surface area contributed by atoms with Crippen LogP contribution in [0.2, 0.25) is 0 Å². The van der Waals surface area contributed by atoms with Gasteiger partial charge in [0.1, 0.15) is 22.8 Å². The Bertz CT molecular complexity index is 1620.